The topological polar surface area (TPSA) is 95.9 Å². The number of anilines is 1. The molecule has 2 aromatic heterocycles. The van der Waals surface area contributed by atoms with Gasteiger partial charge in [0.25, 0.3) is 0 Å². The van der Waals surface area contributed by atoms with Crippen LogP contribution in [0, 0.1) is 5.92 Å². The zero-order chi connectivity index (χ0) is 15.0. The Labute approximate surface area is 122 Å². The zero-order valence-corrected chi connectivity index (χ0v) is 12.2. The predicted octanol–water partition coefficient (Wildman–Crippen LogP) is 1.95. The molecular weight excluding hydrogens is 270 g/mol. The molecule has 2 aromatic rings. The minimum Gasteiger partial charge on any atom is -0.382 e. The zero-order valence-electron chi connectivity index (χ0n) is 12.2. The molecule has 0 aliphatic carbocycles. The van der Waals surface area contributed by atoms with Gasteiger partial charge in [-0.05, 0) is 19.3 Å². The molecule has 2 atom stereocenters. The van der Waals surface area contributed by atoms with Crippen molar-refractivity contribution >= 4 is 22.8 Å². The van der Waals surface area contributed by atoms with Gasteiger partial charge in [0, 0.05) is 12.5 Å². The molecule has 21 heavy (non-hydrogen) atoms. The van der Waals surface area contributed by atoms with Gasteiger partial charge in [-0.3, -0.25) is 9.36 Å². The smallest absolute Gasteiger partial charge is 0.202 e. The van der Waals surface area contributed by atoms with E-state index in [2.05, 4.69) is 15.0 Å². The number of hydrogen-bond acceptors (Lipinski definition) is 6. The lowest BCUT2D eigenvalue weighted by molar-refractivity contribution is 0.0592. The van der Waals surface area contributed by atoms with Gasteiger partial charge in [-0.25, -0.2) is 15.0 Å². The van der Waals surface area contributed by atoms with Gasteiger partial charge in [0.1, 0.15) is 11.7 Å². The number of carbonyl (C=O) groups excluding carboxylic acids is 1. The van der Waals surface area contributed by atoms with Crippen LogP contribution in [0.15, 0.2) is 6.33 Å². The fourth-order valence-electron chi connectivity index (χ4n) is 2.45. The Kier molecular flexibility index (Phi) is 3.59. The molecule has 7 nitrogen and oxygen atoms in total. The van der Waals surface area contributed by atoms with Crippen molar-refractivity contribution in [3.05, 3.63) is 12.2 Å². The van der Waals surface area contributed by atoms with Crippen molar-refractivity contribution in [2.45, 2.75) is 39.3 Å². The number of imidazole rings is 1. The number of fused-ring (bicyclic) bond motifs is 1. The van der Waals surface area contributed by atoms with Gasteiger partial charge in [0.2, 0.25) is 5.78 Å². The van der Waals surface area contributed by atoms with Crippen LogP contribution in [0.1, 0.15) is 50.0 Å². The van der Waals surface area contributed by atoms with Gasteiger partial charge >= 0.3 is 0 Å². The van der Waals surface area contributed by atoms with Gasteiger partial charge in [-0.1, -0.05) is 13.8 Å². The molecule has 0 spiro atoms. The van der Waals surface area contributed by atoms with Gasteiger partial charge in [-0.15, -0.1) is 0 Å². The number of hydrogen-bond donors (Lipinski definition) is 1. The average molecular weight is 289 g/mol. The number of Topliss-reactive ketones (excluding diaryl/α,β-unsaturated/α-hetero) is 1. The molecule has 3 heterocycles. The Hall–Kier alpha value is -2.02. The molecule has 1 fully saturated rings. The maximum Gasteiger partial charge on any atom is 0.202 e. The molecule has 1 aliphatic rings. The lowest BCUT2D eigenvalue weighted by Gasteiger charge is -2.12. The molecule has 3 rings (SSSR count). The first-order valence-corrected chi connectivity index (χ1v) is 7.27. The van der Waals surface area contributed by atoms with Gasteiger partial charge in [0.05, 0.1) is 6.33 Å². The number of aromatic nitrogens is 4. The van der Waals surface area contributed by atoms with E-state index in [1.807, 2.05) is 18.4 Å². The Bertz CT molecular complexity index is 675. The van der Waals surface area contributed by atoms with E-state index < -0.39 is 0 Å². The normalized spacial score (nSPS) is 20.0. The third-order valence-electron chi connectivity index (χ3n) is 3.94. The van der Waals surface area contributed by atoms with Crippen LogP contribution < -0.4 is 5.73 Å². The molecule has 0 bridgehead atoms. The van der Waals surface area contributed by atoms with Crippen molar-refractivity contribution in [3.63, 3.8) is 0 Å². The molecule has 0 radical (unpaired) electrons. The summed E-state index contributed by atoms with van der Waals surface area (Å²) in [5.41, 5.74) is 7.02. The standard InChI is InChI=1S/C14H19N5O2/c1-3-8(2)11(20)13-17-12(15)10-14(18-13)19(7-16-10)9-5-4-6-21-9/h7-9H,3-6H2,1-2H3,(H2,15,17,18). The van der Waals surface area contributed by atoms with Gasteiger partial charge < -0.3 is 10.5 Å². The number of ketones is 1. The number of nitrogens with zero attached hydrogens (tertiary/aromatic N) is 4. The molecule has 7 heteroatoms. The highest BCUT2D eigenvalue weighted by Gasteiger charge is 2.24. The van der Waals surface area contributed by atoms with E-state index in [0.29, 0.717) is 11.2 Å². The van der Waals surface area contributed by atoms with Crippen LogP contribution in [0.3, 0.4) is 0 Å². The maximum atomic E-state index is 12.3. The summed E-state index contributed by atoms with van der Waals surface area (Å²) >= 11 is 0. The number of rotatable bonds is 4. The van der Waals surface area contributed by atoms with Crippen LogP contribution in [0.2, 0.25) is 0 Å². The summed E-state index contributed by atoms with van der Waals surface area (Å²) in [5, 5.41) is 0. The van der Waals surface area contributed by atoms with Crippen molar-refractivity contribution in [2.75, 3.05) is 12.3 Å². The molecule has 0 aromatic carbocycles. The van der Waals surface area contributed by atoms with E-state index in [1.54, 1.807) is 6.33 Å². The predicted molar refractivity (Wildman–Crippen MR) is 77.7 cm³/mol. The maximum absolute atomic E-state index is 12.3. The Morgan fingerprint density at radius 3 is 3.05 bits per heavy atom. The quantitative estimate of drug-likeness (QED) is 0.864. The van der Waals surface area contributed by atoms with Crippen molar-refractivity contribution in [1.82, 2.24) is 19.5 Å². The van der Waals surface area contributed by atoms with Gasteiger partial charge in [0.15, 0.2) is 17.3 Å². The number of nitrogens with two attached hydrogens (primary N) is 1. The van der Waals surface area contributed by atoms with Crippen molar-refractivity contribution in [1.29, 1.82) is 0 Å². The largest absolute Gasteiger partial charge is 0.382 e. The highest BCUT2D eigenvalue weighted by molar-refractivity contribution is 5.96. The van der Waals surface area contributed by atoms with Crippen LogP contribution in [0.25, 0.3) is 11.2 Å². The Morgan fingerprint density at radius 1 is 1.57 bits per heavy atom. The molecule has 1 saturated heterocycles. The average Bonchev–Trinajstić information content (AvgIpc) is 3.13. The minimum atomic E-state index is -0.124. The lowest BCUT2D eigenvalue weighted by Crippen LogP contribution is -2.16. The molecule has 2 unspecified atom stereocenters. The summed E-state index contributed by atoms with van der Waals surface area (Å²) in [6.45, 7) is 4.55. The monoisotopic (exact) mass is 289 g/mol. The van der Waals surface area contributed by atoms with E-state index >= 15 is 0 Å². The molecule has 1 aliphatic heterocycles. The second-order valence-electron chi connectivity index (χ2n) is 5.40. The number of carbonyl (C=O) groups is 1. The van der Waals surface area contributed by atoms with Crippen LogP contribution in [-0.4, -0.2) is 31.9 Å². The second kappa shape index (κ2) is 5.40. The fourth-order valence-corrected chi connectivity index (χ4v) is 2.45. The molecular formula is C14H19N5O2. The Balaban J connectivity index is 2.08. The summed E-state index contributed by atoms with van der Waals surface area (Å²) in [4.78, 5) is 25.0. The third kappa shape index (κ3) is 2.37. The van der Waals surface area contributed by atoms with Crippen LogP contribution in [0.5, 0.6) is 0 Å². The van der Waals surface area contributed by atoms with Crippen LogP contribution in [0.4, 0.5) is 5.82 Å². The van der Waals surface area contributed by atoms with E-state index in [0.717, 1.165) is 25.9 Å². The SMILES string of the molecule is CCC(C)C(=O)c1nc(N)c2ncn(C3CCCO3)c2n1. The fraction of sp³-hybridized carbons (Fsp3) is 0.571. The highest BCUT2D eigenvalue weighted by atomic mass is 16.5. The first-order valence-electron chi connectivity index (χ1n) is 7.27. The summed E-state index contributed by atoms with van der Waals surface area (Å²) in [6.07, 6.45) is 4.22. The van der Waals surface area contributed by atoms with Gasteiger partial charge in [-0.2, -0.15) is 0 Å². The van der Waals surface area contributed by atoms with E-state index in [4.69, 9.17) is 10.5 Å². The van der Waals surface area contributed by atoms with Crippen molar-refractivity contribution in [2.24, 2.45) is 5.92 Å². The van der Waals surface area contributed by atoms with Crippen LogP contribution >= 0.6 is 0 Å². The van der Waals surface area contributed by atoms with E-state index in [-0.39, 0.29) is 29.6 Å². The van der Waals surface area contributed by atoms with E-state index in [1.165, 1.54) is 0 Å². The van der Waals surface area contributed by atoms with Crippen molar-refractivity contribution < 1.29 is 9.53 Å². The molecule has 0 amide bonds. The number of nitrogen functional groups attached to an aromatic ring is 1. The highest BCUT2D eigenvalue weighted by Crippen LogP contribution is 2.27. The third-order valence-corrected chi connectivity index (χ3v) is 3.94. The Morgan fingerprint density at radius 2 is 2.38 bits per heavy atom. The minimum absolute atomic E-state index is 0.0872. The summed E-state index contributed by atoms with van der Waals surface area (Å²) in [6, 6.07) is 0. The molecule has 0 saturated carbocycles. The summed E-state index contributed by atoms with van der Waals surface area (Å²) < 4.78 is 7.49. The number of ether oxygens (including phenoxy) is 1. The first kappa shape index (κ1) is 13.9. The molecule has 112 valence electrons. The molecule has 2 N–H and O–H groups in total. The second-order valence-corrected chi connectivity index (χ2v) is 5.40. The van der Waals surface area contributed by atoms with Crippen LogP contribution in [-0.2, 0) is 4.74 Å². The first-order chi connectivity index (χ1) is 10.1. The van der Waals surface area contributed by atoms with E-state index in [9.17, 15) is 4.79 Å². The van der Waals surface area contributed by atoms with Crippen molar-refractivity contribution in [3.8, 4) is 0 Å². The lowest BCUT2D eigenvalue weighted by atomic mass is 10.0. The summed E-state index contributed by atoms with van der Waals surface area (Å²) in [5.74, 6) is 0.185. The summed E-state index contributed by atoms with van der Waals surface area (Å²) in [7, 11) is 0.